The molecule has 25 heavy (non-hydrogen) atoms. The van der Waals surface area contributed by atoms with Gasteiger partial charge in [-0.25, -0.2) is 12.8 Å². The predicted molar refractivity (Wildman–Crippen MR) is 95.2 cm³/mol. The van der Waals surface area contributed by atoms with Gasteiger partial charge in [-0.1, -0.05) is 24.3 Å². The maximum absolute atomic E-state index is 13.7. The van der Waals surface area contributed by atoms with Crippen LogP contribution in [0.3, 0.4) is 0 Å². The minimum Gasteiger partial charge on any atom is -0.339 e. The number of nitrogens with zero attached hydrogens (tertiary/aromatic N) is 1. The van der Waals surface area contributed by atoms with Crippen LogP contribution in [0.2, 0.25) is 0 Å². The summed E-state index contributed by atoms with van der Waals surface area (Å²) in [6.07, 6.45) is 0. The molecule has 0 fully saturated rings. The standard InChI is InChI=1S/C18H21FN2O3S/c1-4-21(14(3)22)12-15-7-5-6-8-18(15)20-25(23,24)16-10-9-13(2)17(19)11-16/h5-11,20H,4,12H2,1-3H3. The average molecular weight is 364 g/mol. The minimum absolute atomic E-state index is 0.0965. The second-order valence-electron chi connectivity index (χ2n) is 5.71. The zero-order valence-electron chi connectivity index (χ0n) is 14.4. The molecule has 0 radical (unpaired) electrons. The number of halogens is 1. The summed E-state index contributed by atoms with van der Waals surface area (Å²) in [5.74, 6) is -0.675. The van der Waals surface area contributed by atoms with E-state index in [1.165, 1.54) is 19.1 Å². The molecule has 1 N–H and O–H groups in total. The molecule has 1 amide bonds. The number of para-hydroxylation sites is 1. The first-order chi connectivity index (χ1) is 11.7. The Morgan fingerprint density at radius 3 is 2.48 bits per heavy atom. The van der Waals surface area contributed by atoms with Crippen LogP contribution in [0.15, 0.2) is 47.4 Å². The quantitative estimate of drug-likeness (QED) is 0.855. The molecule has 0 atom stereocenters. The molecular weight excluding hydrogens is 343 g/mol. The van der Waals surface area contributed by atoms with E-state index < -0.39 is 15.8 Å². The summed E-state index contributed by atoms with van der Waals surface area (Å²) >= 11 is 0. The van der Waals surface area contributed by atoms with Crippen LogP contribution in [0.5, 0.6) is 0 Å². The molecule has 2 aromatic rings. The van der Waals surface area contributed by atoms with Crippen LogP contribution in [0.1, 0.15) is 25.0 Å². The van der Waals surface area contributed by atoms with Crippen molar-refractivity contribution in [3.8, 4) is 0 Å². The van der Waals surface area contributed by atoms with Crippen LogP contribution >= 0.6 is 0 Å². The number of hydrogen-bond donors (Lipinski definition) is 1. The molecule has 0 heterocycles. The lowest BCUT2D eigenvalue weighted by atomic mass is 10.1. The Hall–Kier alpha value is -2.41. The molecule has 7 heteroatoms. The monoisotopic (exact) mass is 364 g/mol. The summed E-state index contributed by atoms with van der Waals surface area (Å²) in [6.45, 7) is 5.68. The van der Waals surface area contributed by atoms with Gasteiger partial charge in [0.15, 0.2) is 0 Å². The third-order valence-electron chi connectivity index (χ3n) is 3.90. The van der Waals surface area contributed by atoms with E-state index in [-0.39, 0.29) is 17.3 Å². The van der Waals surface area contributed by atoms with Crippen molar-refractivity contribution < 1.29 is 17.6 Å². The Bertz CT molecular complexity index is 882. The van der Waals surface area contributed by atoms with Crippen LogP contribution < -0.4 is 4.72 Å². The molecular formula is C18H21FN2O3S. The highest BCUT2D eigenvalue weighted by Gasteiger charge is 2.18. The van der Waals surface area contributed by atoms with Crippen LogP contribution in [0.25, 0.3) is 0 Å². The van der Waals surface area contributed by atoms with Crippen molar-refractivity contribution in [1.29, 1.82) is 0 Å². The van der Waals surface area contributed by atoms with Crippen LogP contribution in [0, 0.1) is 12.7 Å². The Morgan fingerprint density at radius 1 is 1.20 bits per heavy atom. The summed E-state index contributed by atoms with van der Waals surface area (Å²) in [6, 6.07) is 10.6. The molecule has 0 saturated heterocycles. The number of nitrogens with one attached hydrogen (secondary N) is 1. The Kier molecular flexibility index (Phi) is 5.79. The maximum Gasteiger partial charge on any atom is 0.262 e. The molecule has 0 aromatic heterocycles. The van der Waals surface area contributed by atoms with E-state index in [2.05, 4.69) is 4.72 Å². The number of aryl methyl sites for hydroxylation is 1. The van der Waals surface area contributed by atoms with Crippen molar-refractivity contribution in [2.75, 3.05) is 11.3 Å². The SMILES string of the molecule is CCN(Cc1ccccc1NS(=O)(=O)c1ccc(C)c(F)c1)C(C)=O. The molecule has 0 aliphatic rings. The first kappa shape index (κ1) is 18.9. The van der Waals surface area contributed by atoms with Crippen LogP contribution in [-0.2, 0) is 21.4 Å². The third kappa shape index (κ3) is 4.57. The zero-order chi connectivity index (χ0) is 18.6. The number of benzene rings is 2. The van der Waals surface area contributed by atoms with Crippen molar-refractivity contribution in [1.82, 2.24) is 4.90 Å². The fourth-order valence-corrected chi connectivity index (χ4v) is 3.47. The zero-order valence-corrected chi connectivity index (χ0v) is 15.2. The van der Waals surface area contributed by atoms with E-state index in [9.17, 15) is 17.6 Å². The topological polar surface area (TPSA) is 66.5 Å². The summed E-state index contributed by atoms with van der Waals surface area (Å²) in [5, 5.41) is 0. The minimum atomic E-state index is -3.93. The van der Waals surface area contributed by atoms with E-state index in [1.807, 2.05) is 6.92 Å². The third-order valence-corrected chi connectivity index (χ3v) is 5.27. The van der Waals surface area contributed by atoms with E-state index in [0.717, 1.165) is 6.07 Å². The molecule has 0 aliphatic carbocycles. The average Bonchev–Trinajstić information content (AvgIpc) is 2.55. The first-order valence-electron chi connectivity index (χ1n) is 7.87. The van der Waals surface area contributed by atoms with Crippen molar-refractivity contribution in [3.05, 3.63) is 59.4 Å². The van der Waals surface area contributed by atoms with E-state index >= 15 is 0 Å². The highest BCUT2D eigenvalue weighted by atomic mass is 32.2. The number of carbonyl (C=O) groups is 1. The number of amides is 1. The van der Waals surface area contributed by atoms with Gasteiger partial charge < -0.3 is 4.90 Å². The molecule has 134 valence electrons. The molecule has 0 bridgehead atoms. The molecule has 0 saturated carbocycles. The highest BCUT2D eigenvalue weighted by Crippen LogP contribution is 2.22. The van der Waals surface area contributed by atoms with Crippen molar-refractivity contribution in [3.63, 3.8) is 0 Å². The molecule has 0 unspecified atom stereocenters. The molecule has 2 aromatic carbocycles. The summed E-state index contributed by atoms with van der Waals surface area (Å²) in [7, 11) is -3.93. The predicted octanol–water partition coefficient (Wildman–Crippen LogP) is 3.30. The Morgan fingerprint density at radius 2 is 1.88 bits per heavy atom. The van der Waals surface area contributed by atoms with Crippen molar-refractivity contribution in [2.45, 2.75) is 32.2 Å². The first-order valence-corrected chi connectivity index (χ1v) is 9.35. The second kappa shape index (κ2) is 7.65. The number of anilines is 1. The lowest BCUT2D eigenvalue weighted by Crippen LogP contribution is -2.28. The van der Waals surface area contributed by atoms with E-state index in [4.69, 9.17) is 0 Å². The van der Waals surface area contributed by atoms with Crippen LogP contribution in [-0.4, -0.2) is 25.8 Å². The Balaban J connectivity index is 2.33. The molecule has 2 rings (SSSR count). The lowest BCUT2D eigenvalue weighted by molar-refractivity contribution is -0.129. The lowest BCUT2D eigenvalue weighted by Gasteiger charge is -2.21. The van der Waals surface area contributed by atoms with Gasteiger partial charge in [0, 0.05) is 20.0 Å². The fourth-order valence-electron chi connectivity index (χ4n) is 2.35. The maximum atomic E-state index is 13.7. The number of sulfonamides is 1. The fraction of sp³-hybridized carbons (Fsp3) is 0.278. The van der Waals surface area contributed by atoms with Gasteiger partial charge in [0.05, 0.1) is 10.6 Å². The van der Waals surface area contributed by atoms with E-state index in [0.29, 0.717) is 23.4 Å². The smallest absolute Gasteiger partial charge is 0.262 e. The van der Waals surface area contributed by atoms with Gasteiger partial charge in [-0.2, -0.15) is 0 Å². The van der Waals surface area contributed by atoms with Gasteiger partial charge in [-0.3, -0.25) is 9.52 Å². The van der Waals surface area contributed by atoms with Gasteiger partial charge in [-0.05, 0) is 43.2 Å². The van der Waals surface area contributed by atoms with Crippen LogP contribution in [0.4, 0.5) is 10.1 Å². The molecule has 0 aliphatic heterocycles. The number of carbonyl (C=O) groups excluding carboxylic acids is 1. The van der Waals surface area contributed by atoms with Gasteiger partial charge in [0.25, 0.3) is 10.0 Å². The second-order valence-corrected chi connectivity index (χ2v) is 7.39. The van der Waals surface area contributed by atoms with Crippen molar-refractivity contribution in [2.24, 2.45) is 0 Å². The summed E-state index contributed by atoms with van der Waals surface area (Å²) in [4.78, 5) is 13.1. The molecule has 5 nitrogen and oxygen atoms in total. The molecule has 0 spiro atoms. The Labute approximate surface area is 147 Å². The van der Waals surface area contributed by atoms with Gasteiger partial charge in [0.2, 0.25) is 5.91 Å². The summed E-state index contributed by atoms with van der Waals surface area (Å²) < 4.78 is 41.3. The summed E-state index contributed by atoms with van der Waals surface area (Å²) in [5.41, 5.74) is 1.40. The van der Waals surface area contributed by atoms with Gasteiger partial charge in [0.1, 0.15) is 5.82 Å². The number of hydrogen-bond acceptors (Lipinski definition) is 3. The van der Waals surface area contributed by atoms with Gasteiger partial charge >= 0.3 is 0 Å². The largest absolute Gasteiger partial charge is 0.339 e. The van der Waals surface area contributed by atoms with Crippen molar-refractivity contribution >= 4 is 21.6 Å². The highest BCUT2D eigenvalue weighted by molar-refractivity contribution is 7.92. The van der Waals surface area contributed by atoms with E-state index in [1.54, 1.807) is 36.1 Å². The normalized spacial score (nSPS) is 11.2. The number of rotatable bonds is 6. The van der Waals surface area contributed by atoms with Gasteiger partial charge in [-0.15, -0.1) is 0 Å².